The highest BCUT2D eigenvalue weighted by molar-refractivity contribution is 5.78. The van der Waals surface area contributed by atoms with Crippen LogP contribution in [0.3, 0.4) is 0 Å². The van der Waals surface area contributed by atoms with E-state index in [9.17, 15) is 4.79 Å². The SMILES string of the molecule is COCc1ccccc1C(NCC1CCCO1)C(=O)OC. The number of hydrogen-bond acceptors (Lipinski definition) is 5. The first-order valence-corrected chi connectivity index (χ1v) is 7.25. The van der Waals surface area contributed by atoms with Gasteiger partial charge < -0.3 is 14.2 Å². The number of ether oxygens (including phenoxy) is 3. The summed E-state index contributed by atoms with van der Waals surface area (Å²) in [6, 6.07) is 7.25. The van der Waals surface area contributed by atoms with Crippen molar-refractivity contribution in [3.63, 3.8) is 0 Å². The molecule has 0 spiro atoms. The van der Waals surface area contributed by atoms with Crippen LogP contribution in [0.1, 0.15) is 30.0 Å². The summed E-state index contributed by atoms with van der Waals surface area (Å²) in [5, 5.41) is 3.27. The fourth-order valence-corrected chi connectivity index (χ4v) is 2.60. The van der Waals surface area contributed by atoms with E-state index in [0.29, 0.717) is 13.2 Å². The van der Waals surface area contributed by atoms with E-state index in [1.165, 1.54) is 7.11 Å². The van der Waals surface area contributed by atoms with Crippen LogP contribution in [0.15, 0.2) is 24.3 Å². The van der Waals surface area contributed by atoms with Crippen LogP contribution in [0.4, 0.5) is 0 Å². The molecule has 1 aromatic rings. The zero-order valence-electron chi connectivity index (χ0n) is 12.6. The third kappa shape index (κ3) is 4.27. The summed E-state index contributed by atoms with van der Waals surface area (Å²) in [6.07, 6.45) is 2.28. The number of methoxy groups -OCH3 is 2. The standard InChI is InChI=1S/C16H23NO4/c1-19-11-12-6-3-4-8-14(12)15(16(18)20-2)17-10-13-7-5-9-21-13/h3-4,6,8,13,15,17H,5,7,9-11H2,1-2H3. The zero-order valence-corrected chi connectivity index (χ0v) is 12.6. The van der Waals surface area contributed by atoms with E-state index in [1.54, 1.807) is 7.11 Å². The molecule has 0 saturated carbocycles. The van der Waals surface area contributed by atoms with Gasteiger partial charge in [0.1, 0.15) is 6.04 Å². The molecule has 116 valence electrons. The van der Waals surface area contributed by atoms with E-state index in [0.717, 1.165) is 30.6 Å². The second-order valence-electron chi connectivity index (χ2n) is 5.13. The van der Waals surface area contributed by atoms with Crippen LogP contribution >= 0.6 is 0 Å². The average molecular weight is 293 g/mol. The summed E-state index contributed by atoms with van der Waals surface area (Å²) >= 11 is 0. The lowest BCUT2D eigenvalue weighted by molar-refractivity contribution is -0.143. The molecule has 1 saturated heterocycles. The first-order chi connectivity index (χ1) is 10.3. The molecular formula is C16H23NO4. The van der Waals surface area contributed by atoms with Crippen molar-refractivity contribution in [2.24, 2.45) is 0 Å². The fourth-order valence-electron chi connectivity index (χ4n) is 2.60. The maximum absolute atomic E-state index is 12.1. The second-order valence-corrected chi connectivity index (χ2v) is 5.13. The van der Waals surface area contributed by atoms with Gasteiger partial charge >= 0.3 is 5.97 Å². The van der Waals surface area contributed by atoms with Gasteiger partial charge in [0.25, 0.3) is 0 Å². The Morgan fingerprint density at radius 1 is 1.43 bits per heavy atom. The summed E-state index contributed by atoms with van der Waals surface area (Å²) in [7, 11) is 3.05. The summed E-state index contributed by atoms with van der Waals surface area (Å²) < 4.78 is 15.7. The Kier molecular flexibility index (Phi) is 6.17. The van der Waals surface area contributed by atoms with Crippen LogP contribution in [0.5, 0.6) is 0 Å². The van der Waals surface area contributed by atoms with Gasteiger partial charge in [-0.05, 0) is 24.0 Å². The summed E-state index contributed by atoms with van der Waals surface area (Å²) in [4.78, 5) is 12.1. The van der Waals surface area contributed by atoms with Crippen molar-refractivity contribution in [3.05, 3.63) is 35.4 Å². The lowest BCUT2D eigenvalue weighted by Crippen LogP contribution is -2.35. The van der Waals surface area contributed by atoms with E-state index < -0.39 is 6.04 Å². The molecule has 0 aliphatic carbocycles. The normalized spacial score (nSPS) is 19.4. The van der Waals surface area contributed by atoms with E-state index in [4.69, 9.17) is 14.2 Å². The van der Waals surface area contributed by atoms with Crippen LogP contribution in [-0.4, -0.2) is 39.4 Å². The Hall–Kier alpha value is -1.43. The molecule has 1 heterocycles. The molecule has 1 aliphatic heterocycles. The number of carbonyl (C=O) groups is 1. The van der Waals surface area contributed by atoms with Gasteiger partial charge in [-0.1, -0.05) is 24.3 Å². The quantitative estimate of drug-likeness (QED) is 0.777. The number of nitrogens with one attached hydrogen (secondary N) is 1. The minimum atomic E-state index is -0.495. The average Bonchev–Trinajstić information content (AvgIpc) is 3.02. The molecule has 2 atom stereocenters. The Balaban J connectivity index is 2.12. The van der Waals surface area contributed by atoms with Crippen LogP contribution in [-0.2, 0) is 25.6 Å². The first kappa shape index (κ1) is 15.9. The minimum absolute atomic E-state index is 0.173. The second kappa shape index (κ2) is 8.12. The minimum Gasteiger partial charge on any atom is -0.468 e. The molecule has 5 heteroatoms. The predicted octanol–water partition coefficient (Wildman–Crippen LogP) is 1.82. The number of esters is 1. The lowest BCUT2D eigenvalue weighted by Gasteiger charge is -2.21. The zero-order chi connectivity index (χ0) is 15.1. The molecule has 1 N–H and O–H groups in total. The maximum Gasteiger partial charge on any atom is 0.327 e. The lowest BCUT2D eigenvalue weighted by atomic mass is 10.0. The molecular weight excluding hydrogens is 270 g/mol. The van der Waals surface area contributed by atoms with Gasteiger partial charge in [-0.25, -0.2) is 4.79 Å². The first-order valence-electron chi connectivity index (χ1n) is 7.25. The van der Waals surface area contributed by atoms with Gasteiger partial charge in [0.15, 0.2) is 0 Å². The summed E-state index contributed by atoms with van der Waals surface area (Å²) in [5.74, 6) is -0.295. The Labute approximate surface area is 125 Å². The van der Waals surface area contributed by atoms with Crippen molar-refractivity contribution < 1.29 is 19.0 Å². The molecule has 0 aromatic heterocycles. The molecule has 1 aromatic carbocycles. The van der Waals surface area contributed by atoms with Crippen molar-refractivity contribution in [1.29, 1.82) is 0 Å². The maximum atomic E-state index is 12.1. The van der Waals surface area contributed by atoms with Gasteiger partial charge in [0.2, 0.25) is 0 Å². The van der Waals surface area contributed by atoms with Crippen LogP contribution in [0.2, 0.25) is 0 Å². The topological polar surface area (TPSA) is 56.8 Å². The molecule has 0 radical (unpaired) electrons. The summed E-state index contributed by atoms with van der Waals surface area (Å²) in [6.45, 7) is 1.90. The van der Waals surface area contributed by atoms with Crippen LogP contribution in [0.25, 0.3) is 0 Å². The largest absolute Gasteiger partial charge is 0.468 e. The van der Waals surface area contributed by atoms with Crippen molar-refractivity contribution in [1.82, 2.24) is 5.32 Å². The molecule has 0 amide bonds. The van der Waals surface area contributed by atoms with Gasteiger partial charge in [-0.2, -0.15) is 0 Å². The molecule has 0 bridgehead atoms. The highest BCUT2D eigenvalue weighted by Gasteiger charge is 2.25. The van der Waals surface area contributed by atoms with Crippen molar-refractivity contribution in [2.75, 3.05) is 27.4 Å². The Bertz CT molecular complexity index is 457. The number of carbonyl (C=O) groups excluding carboxylic acids is 1. The van der Waals surface area contributed by atoms with Gasteiger partial charge in [0.05, 0.1) is 19.8 Å². The van der Waals surface area contributed by atoms with Crippen molar-refractivity contribution in [2.45, 2.75) is 31.6 Å². The van der Waals surface area contributed by atoms with Gasteiger partial charge in [0, 0.05) is 20.3 Å². The van der Waals surface area contributed by atoms with E-state index in [-0.39, 0.29) is 12.1 Å². The highest BCUT2D eigenvalue weighted by Crippen LogP contribution is 2.21. The number of rotatable bonds is 7. The monoisotopic (exact) mass is 293 g/mol. The Morgan fingerprint density at radius 2 is 2.24 bits per heavy atom. The van der Waals surface area contributed by atoms with Crippen LogP contribution < -0.4 is 5.32 Å². The molecule has 1 fully saturated rings. The molecule has 21 heavy (non-hydrogen) atoms. The number of benzene rings is 1. The molecule has 1 aliphatic rings. The van der Waals surface area contributed by atoms with Crippen molar-refractivity contribution in [3.8, 4) is 0 Å². The fraction of sp³-hybridized carbons (Fsp3) is 0.562. The third-order valence-corrected chi connectivity index (χ3v) is 3.68. The molecule has 2 unspecified atom stereocenters. The summed E-state index contributed by atoms with van der Waals surface area (Å²) in [5.41, 5.74) is 1.87. The Morgan fingerprint density at radius 3 is 2.90 bits per heavy atom. The van der Waals surface area contributed by atoms with Crippen LogP contribution in [0, 0.1) is 0 Å². The molecule has 2 rings (SSSR count). The highest BCUT2D eigenvalue weighted by atomic mass is 16.5. The van der Waals surface area contributed by atoms with Gasteiger partial charge in [-0.3, -0.25) is 5.32 Å². The third-order valence-electron chi connectivity index (χ3n) is 3.68. The van der Waals surface area contributed by atoms with Gasteiger partial charge in [-0.15, -0.1) is 0 Å². The van der Waals surface area contributed by atoms with E-state index in [1.807, 2.05) is 24.3 Å². The predicted molar refractivity (Wildman–Crippen MR) is 78.9 cm³/mol. The van der Waals surface area contributed by atoms with E-state index in [2.05, 4.69) is 5.32 Å². The van der Waals surface area contributed by atoms with Crippen molar-refractivity contribution >= 4 is 5.97 Å². The van der Waals surface area contributed by atoms with E-state index >= 15 is 0 Å². The number of hydrogen-bond donors (Lipinski definition) is 1. The smallest absolute Gasteiger partial charge is 0.327 e. The molecule has 5 nitrogen and oxygen atoms in total.